The van der Waals surface area contributed by atoms with Gasteiger partial charge in [-0.3, -0.25) is 0 Å². The van der Waals surface area contributed by atoms with Gasteiger partial charge in [-0.1, -0.05) is 30.3 Å². The second kappa shape index (κ2) is 7.66. The lowest BCUT2D eigenvalue weighted by Crippen LogP contribution is -2.21. The maximum absolute atomic E-state index is 8.98. The van der Waals surface area contributed by atoms with Crippen LogP contribution in [0.3, 0.4) is 0 Å². The van der Waals surface area contributed by atoms with Crippen LogP contribution in [0.4, 0.5) is 0 Å². The van der Waals surface area contributed by atoms with E-state index in [9.17, 15) is 0 Å². The Bertz CT molecular complexity index is 1030. The summed E-state index contributed by atoms with van der Waals surface area (Å²) in [6, 6.07) is 21.6. The summed E-state index contributed by atoms with van der Waals surface area (Å²) in [5, 5.41) is 8.98. The molecule has 4 nitrogen and oxygen atoms in total. The summed E-state index contributed by atoms with van der Waals surface area (Å²) < 4.78 is 17.7. The Morgan fingerprint density at radius 2 is 1.79 bits per heavy atom. The van der Waals surface area contributed by atoms with E-state index in [2.05, 4.69) is 38.1 Å². The quantitative estimate of drug-likeness (QED) is 0.627. The smallest absolute Gasteiger partial charge is 0.162 e. The SMILES string of the molecule is Cc1ccc(COc2ccc([C@@H]3COc4cc(C#N)ccc4O3)cc2)cc1C. The van der Waals surface area contributed by atoms with Gasteiger partial charge in [-0.2, -0.15) is 5.26 Å². The number of hydrogen-bond donors (Lipinski definition) is 0. The average molecular weight is 371 g/mol. The molecule has 0 radical (unpaired) electrons. The first-order valence-electron chi connectivity index (χ1n) is 9.25. The zero-order valence-corrected chi connectivity index (χ0v) is 15.9. The van der Waals surface area contributed by atoms with E-state index >= 15 is 0 Å². The largest absolute Gasteiger partial charge is 0.489 e. The van der Waals surface area contributed by atoms with Gasteiger partial charge in [0.15, 0.2) is 17.6 Å². The Balaban J connectivity index is 1.40. The molecule has 1 atom stereocenters. The molecule has 0 bridgehead atoms. The standard InChI is InChI=1S/C24H21NO3/c1-16-3-4-19(11-17(16)2)14-26-21-8-6-20(7-9-21)24-15-27-23-12-18(13-25)5-10-22(23)28-24/h3-12,24H,14-15H2,1-2H3/t24-/m0/s1. The summed E-state index contributed by atoms with van der Waals surface area (Å²) in [5.74, 6) is 2.09. The maximum atomic E-state index is 8.98. The van der Waals surface area contributed by atoms with Crippen molar-refractivity contribution in [2.75, 3.05) is 6.61 Å². The summed E-state index contributed by atoms with van der Waals surface area (Å²) >= 11 is 0. The molecule has 4 rings (SSSR count). The number of nitriles is 1. The molecule has 4 heteroatoms. The highest BCUT2D eigenvalue weighted by Crippen LogP contribution is 2.37. The van der Waals surface area contributed by atoms with Gasteiger partial charge in [0.1, 0.15) is 19.0 Å². The van der Waals surface area contributed by atoms with Crippen molar-refractivity contribution in [2.24, 2.45) is 0 Å². The Morgan fingerprint density at radius 3 is 2.54 bits per heavy atom. The van der Waals surface area contributed by atoms with Crippen LogP contribution in [-0.4, -0.2) is 6.61 Å². The van der Waals surface area contributed by atoms with Crippen molar-refractivity contribution >= 4 is 0 Å². The van der Waals surface area contributed by atoms with E-state index in [0.717, 1.165) is 16.9 Å². The number of rotatable bonds is 4. The van der Waals surface area contributed by atoms with E-state index in [1.807, 2.05) is 24.3 Å². The number of benzene rings is 3. The van der Waals surface area contributed by atoms with Gasteiger partial charge in [0.05, 0.1) is 11.6 Å². The van der Waals surface area contributed by atoms with Crippen molar-refractivity contribution in [2.45, 2.75) is 26.6 Å². The second-order valence-corrected chi connectivity index (χ2v) is 6.97. The Kier molecular flexibility index (Phi) is 4.90. The van der Waals surface area contributed by atoms with Crippen LogP contribution in [0.5, 0.6) is 17.2 Å². The minimum Gasteiger partial charge on any atom is -0.489 e. The molecular weight excluding hydrogens is 350 g/mol. The number of fused-ring (bicyclic) bond motifs is 1. The number of nitrogens with zero attached hydrogens (tertiary/aromatic N) is 1. The van der Waals surface area contributed by atoms with Crippen LogP contribution >= 0.6 is 0 Å². The summed E-state index contributed by atoms with van der Waals surface area (Å²) in [4.78, 5) is 0. The van der Waals surface area contributed by atoms with Gasteiger partial charge < -0.3 is 14.2 Å². The third kappa shape index (κ3) is 3.79. The summed E-state index contributed by atoms with van der Waals surface area (Å²) in [6.07, 6.45) is -0.186. The molecule has 1 heterocycles. The van der Waals surface area contributed by atoms with Crippen LogP contribution in [0, 0.1) is 25.2 Å². The Labute approximate surface area is 164 Å². The molecule has 3 aromatic rings. The monoisotopic (exact) mass is 371 g/mol. The van der Waals surface area contributed by atoms with Gasteiger partial charge in [0.25, 0.3) is 0 Å². The fourth-order valence-electron chi connectivity index (χ4n) is 3.14. The molecule has 1 aliphatic rings. The Morgan fingerprint density at radius 1 is 0.964 bits per heavy atom. The van der Waals surface area contributed by atoms with Crippen LogP contribution in [0.1, 0.15) is 33.9 Å². The van der Waals surface area contributed by atoms with Crippen molar-refractivity contribution in [3.8, 4) is 23.3 Å². The summed E-state index contributed by atoms with van der Waals surface area (Å²) in [5.41, 5.74) is 5.30. The van der Waals surface area contributed by atoms with Gasteiger partial charge in [0.2, 0.25) is 0 Å². The lowest BCUT2D eigenvalue weighted by molar-refractivity contribution is 0.0912. The number of hydrogen-bond acceptors (Lipinski definition) is 4. The predicted molar refractivity (Wildman–Crippen MR) is 107 cm³/mol. The molecule has 0 saturated carbocycles. The molecule has 0 unspecified atom stereocenters. The van der Waals surface area contributed by atoms with E-state index in [-0.39, 0.29) is 6.10 Å². The molecule has 0 spiro atoms. The average Bonchev–Trinajstić information content (AvgIpc) is 2.74. The molecule has 0 amide bonds. The highest BCUT2D eigenvalue weighted by atomic mass is 16.6. The van der Waals surface area contributed by atoms with E-state index < -0.39 is 0 Å². The molecule has 0 fully saturated rings. The van der Waals surface area contributed by atoms with Crippen LogP contribution in [-0.2, 0) is 6.61 Å². The Hall–Kier alpha value is -3.45. The lowest BCUT2D eigenvalue weighted by Gasteiger charge is -2.27. The molecule has 0 saturated heterocycles. The van der Waals surface area contributed by atoms with Gasteiger partial charge in [-0.15, -0.1) is 0 Å². The number of ether oxygens (including phenoxy) is 3. The maximum Gasteiger partial charge on any atom is 0.162 e. The molecule has 3 aromatic carbocycles. The van der Waals surface area contributed by atoms with E-state index in [4.69, 9.17) is 19.5 Å². The second-order valence-electron chi connectivity index (χ2n) is 6.97. The van der Waals surface area contributed by atoms with Gasteiger partial charge >= 0.3 is 0 Å². The normalized spacial score (nSPS) is 15.0. The fraction of sp³-hybridized carbons (Fsp3) is 0.208. The molecule has 0 N–H and O–H groups in total. The van der Waals surface area contributed by atoms with E-state index in [1.165, 1.54) is 11.1 Å². The topological polar surface area (TPSA) is 51.5 Å². The van der Waals surface area contributed by atoms with Gasteiger partial charge in [-0.05, 0) is 60.4 Å². The van der Waals surface area contributed by atoms with Crippen molar-refractivity contribution in [3.05, 3.63) is 88.5 Å². The zero-order chi connectivity index (χ0) is 19.5. The van der Waals surface area contributed by atoms with Crippen molar-refractivity contribution < 1.29 is 14.2 Å². The minimum atomic E-state index is -0.186. The van der Waals surface area contributed by atoms with Gasteiger partial charge in [-0.25, -0.2) is 0 Å². The summed E-state index contributed by atoms with van der Waals surface area (Å²) in [7, 11) is 0. The third-order valence-electron chi connectivity index (χ3n) is 4.96. The van der Waals surface area contributed by atoms with Crippen LogP contribution in [0.2, 0.25) is 0 Å². The first-order valence-corrected chi connectivity index (χ1v) is 9.25. The first-order chi connectivity index (χ1) is 13.6. The molecule has 140 valence electrons. The predicted octanol–water partition coefficient (Wildman–Crippen LogP) is 5.27. The van der Waals surface area contributed by atoms with Crippen molar-refractivity contribution in [1.82, 2.24) is 0 Å². The van der Waals surface area contributed by atoms with Crippen molar-refractivity contribution in [3.63, 3.8) is 0 Å². The van der Waals surface area contributed by atoms with Crippen LogP contribution in [0.15, 0.2) is 60.7 Å². The number of aryl methyl sites for hydroxylation is 2. The molecule has 0 aliphatic carbocycles. The molecule has 0 aromatic heterocycles. The summed E-state index contributed by atoms with van der Waals surface area (Å²) in [6.45, 7) is 5.17. The molecular formula is C24H21NO3. The lowest BCUT2D eigenvalue weighted by atomic mass is 10.1. The van der Waals surface area contributed by atoms with Gasteiger partial charge in [0, 0.05) is 6.07 Å². The first kappa shape index (κ1) is 17.9. The van der Waals surface area contributed by atoms with Crippen LogP contribution < -0.4 is 14.2 Å². The third-order valence-corrected chi connectivity index (χ3v) is 4.96. The fourth-order valence-corrected chi connectivity index (χ4v) is 3.14. The highest BCUT2D eigenvalue weighted by molar-refractivity contribution is 5.48. The van der Waals surface area contributed by atoms with E-state index in [0.29, 0.717) is 30.3 Å². The van der Waals surface area contributed by atoms with E-state index in [1.54, 1.807) is 18.2 Å². The van der Waals surface area contributed by atoms with Crippen LogP contribution in [0.25, 0.3) is 0 Å². The molecule has 1 aliphatic heterocycles. The highest BCUT2D eigenvalue weighted by Gasteiger charge is 2.23. The van der Waals surface area contributed by atoms with Crippen molar-refractivity contribution in [1.29, 1.82) is 5.26 Å². The minimum absolute atomic E-state index is 0.186. The molecule has 28 heavy (non-hydrogen) atoms. The zero-order valence-electron chi connectivity index (χ0n) is 15.9.